The number of benzene rings is 1. The molecule has 0 spiro atoms. The molecule has 1 atom stereocenters. The van der Waals surface area contributed by atoms with Crippen molar-refractivity contribution in [3.8, 4) is 0 Å². The molecule has 19 heavy (non-hydrogen) atoms. The van der Waals surface area contributed by atoms with Gasteiger partial charge in [0.1, 0.15) is 0 Å². The molecule has 0 aromatic heterocycles. The van der Waals surface area contributed by atoms with Crippen molar-refractivity contribution < 1.29 is 9.59 Å². The van der Waals surface area contributed by atoms with Crippen LogP contribution in [0.5, 0.6) is 0 Å². The van der Waals surface area contributed by atoms with Crippen molar-refractivity contribution >= 4 is 29.1 Å². The number of amides is 2. The van der Waals surface area contributed by atoms with Crippen molar-refractivity contribution in [3.05, 3.63) is 29.3 Å². The molecule has 0 saturated carbocycles. The zero-order chi connectivity index (χ0) is 14.4. The maximum absolute atomic E-state index is 11.6. The Balaban J connectivity index is 2.45. The third kappa shape index (κ3) is 4.89. The van der Waals surface area contributed by atoms with Gasteiger partial charge < -0.3 is 16.4 Å². The van der Waals surface area contributed by atoms with Gasteiger partial charge in [0.15, 0.2) is 0 Å². The fraction of sp³-hybridized carbons (Fsp3) is 0.385. The summed E-state index contributed by atoms with van der Waals surface area (Å²) < 4.78 is 0. The maximum atomic E-state index is 11.6. The highest BCUT2D eigenvalue weighted by atomic mass is 35.5. The van der Waals surface area contributed by atoms with Crippen LogP contribution in [-0.4, -0.2) is 24.4 Å². The largest absolute Gasteiger partial charge is 0.346 e. The van der Waals surface area contributed by atoms with Crippen LogP contribution in [0, 0.1) is 5.92 Å². The van der Waals surface area contributed by atoms with Crippen molar-refractivity contribution in [1.82, 2.24) is 5.32 Å². The van der Waals surface area contributed by atoms with Crippen LogP contribution in [0.3, 0.4) is 0 Å². The molecule has 6 heteroatoms. The smallest absolute Gasteiger partial charge is 0.243 e. The number of nitrogens with two attached hydrogens (primary N) is 1. The monoisotopic (exact) mass is 283 g/mol. The van der Waals surface area contributed by atoms with Crippen LogP contribution in [0.15, 0.2) is 24.3 Å². The van der Waals surface area contributed by atoms with Gasteiger partial charge in [-0.1, -0.05) is 37.6 Å². The first-order valence-electron chi connectivity index (χ1n) is 5.99. The predicted octanol–water partition coefficient (Wildman–Crippen LogP) is 1.38. The van der Waals surface area contributed by atoms with Crippen LogP contribution in [0.1, 0.15) is 13.8 Å². The number of hydrogen-bond donors (Lipinski definition) is 3. The minimum absolute atomic E-state index is 0.0200. The summed E-state index contributed by atoms with van der Waals surface area (Å²) in [5.74, 6) is -0.673. The van der Waals surface area contributed by atoms with E-state index in [1.807, 2.05) is 13.8 Å². The minimum atomic E-state index is -0.617. The fourth-order valence-corrected chi connectivity index (χ4v) is 1.53. The van der Waals surface area contributed by atoms with Gasteiger partial charge in [-0.25, -0.2) is 0 Å². The van der Waals surface area contributed by atoms with Gasteiger partial charge in [0.05, 0.1) is 23.3 Å². The van der Waals surface area contributed by atoms with Crippen LogP contribution >= 0.6 is 11.6 Å². The van der Waals surface area contributed by atoms with Gasteiger partial charge in [-0.15, -0.1) is 0 Å². The lowest BCUT2D eigenvalue weighted by Gasteiger charge is -2.15. The van der Waals surface area contributed by atoms with Crippen LogP contribution < -0.4 is 16.4 Å². The van der Waals surface area contributed by atoms with Crippen LogP contribution in [0.4, 0.5) is 5.69 Å². The van der Waals surface area contributed by atoms with Gasteiger partial charge in [0.2, 0.25) is 11.8 Å². The first-order chi connectivity index (χ1) is 8.91. The van der Waals surface area contributed by atoms with Crippen LogP contribution in [-0.2, 0) is 9.59 Å². The molecule has 104 valence electrons. The Morgan fingerprint density at radius 1 is 1.32 bits per heavy atom. The van der Waals surface area contributed by atoms with E-state index in [0.29, 0.717) is 10.7 Å². The minimum Gasteiger partial charge on any atom is -0.346 e. The zero-order valence-corrected chi connectivity index (χ0v) is 11.7. The van der Waals surface area contributed by atoms with Crippen molar-refractivity contribution in [2.75, 3.05) is 11.9 Å². The van der Waals surface area contributed by atoms with E-state index in [-0.39, 0.29) is 24.3 Å². The molecule has 0 fully saturated rings. The number of hydrogen-bond acceptors (Lipinski definition) is 3. The van der Waals surface area contributed by atoms with E-state index >= 15 is 0 Å². The average Bonchev–Trinajstić information content (AvgIpc) is 2.37. The standard InChI is InChI=1S/C13H18ClN3O2/c1-8(2)12(15)13(19)16-7-11(18)17-10-6-4-3-5-9(10)14/h3-6,8,12H,7,15H2,1-2H3,(H,16,19)(H,17,18)/t12-/m0/s1. The summed E-state index contributed by atoms with van der Waals surface area (Å²) in [6, 6.07) is 6.26. The van der Waals surface area contributed by atoms with Gasteiger partial charge in [0, 0.05) is 0 Å². The third-order valence-corrected chi connectivity index (χ3v) is 2.92. The number of carbonyl (C=O) groups excluding carboxylic acids is 2. The highest BCUT2D eigenvalue weighted by Crippen LogP contribution is 2.19. The summed E-state index contributed by atoms with van der Waals surface area (Å²) in [5.41, 5.74) is 6.17. The fourth-order valence-electron chi connectivity index (χ4n) is 1.34. The highest BCUT2D eigenvalue weighted by Gasteiger charge is 2.17. The van der Waals surface area contributed by atoms with E-state index in [4.69, 9.17) is 17.3 Å². The second-order valence-corrected chi connectivity index (χ2v) is 4.92. The second kappa shape index (κ2) is 7.11. The SMILES string of the molecule is CC(C)[C@H](N)C(=O)NCC(=O)Nc1ccccc1Cl. The number of nitrogens with one attached hydrogen (secondary N) is 2. The summed E-state index contributed by atoms with van der Waals surface area (Å²) in [5, 5.41) is 5.54. The quantitative estimate of drug-likeness (QED) is 0.763. The van der Waals surface area contributed by atoms with E-state index in [0.717, 1.165) is 0 Å². The molecule has 0 aliphatic rings. The van der Waals surface area contributed by atoms with E-state index in [1.165, 1.54) is 0 Å². The normalized spacial score (nSPS) is 12.1. The van der Waals surface area contributed by atoms with E-state index in [1.54, 1.807) is 24.3 Å². The lowest BCUT2D eigenvalue weighted by atomic mass is 10.1. The first-order valence-corrected chi connectivity index (χ1v) is 6.37. The molecule has 4 N–H and O–H groups in total. The highest BCUT2D eigenvalue weighted by molar-refractivity contribution is 6.33. The molecule has 1 aromatic carbocycles. The third-order valence-electron chi connectivity index (χ3n) is 2.59. The molecule has 1 rings (SSSR count). The van der Waals surface area contributed by atoms with Crippen molar-refractivity contribution in [2.45, 2.75) is 19.9 Å². The molecule has 0 aliphatic carbocycles. The van der Waals surface area contributed by atoms with E-state index in [2.05, 4.69) is 10.6 Å². The van der Waals surface area contributed by atoms with Gasteiger partial charge >= 0.3 is 0 Å². The molecule has 0 bridgehead atoms. The van der Waals surface area contributed by atoms with Crippen LogP contribution in [0.2, 0.25) is 5.02 Å². The molecule has 0 saturated heterocycles. The molecular weight excluding hydrogens is 266 g/mol. The van der Waals surface area contributed by atoms with Gasteiger partial charge in [-0.05, 0) is 18.1 Å². The zero-order valence-electron chi connectivity index (χ0n) is 10.9. The summed E-state index contributed by atoms with van der Waals surface area (Å²) >= 11 is 5.90. The van der Waals surface area contributed by atoms with Gasteiger partial charge in [0.25, 0.3) is 0 Å². The average molecular weight is 284 g/mol. The number of rotatable bonds is 5. The van der Waals surface area contributed by atoms with E-state index < -0.39 is 6.04 Å². The van der Waals surface area contributed by atoms with Crippen molar-refractivity contribution in [3.63, 3.8) is 0 Å². The van der Waals surface area contributed by atoms with E-state index in [9.17, 15) is 9.59 Å². The topological polar surface area (TPSA) is 84.2 Å². The summed E-state index contributed by atoms with van der Waals surface area (Å²) in [6.45, 7) is 3.55. The van der Waals surface area contributed by atoms with Crippen LogP contribution in [0.25, 0.3) is 0 Å². The molecule has 5 nitrogen and oxygen atoms in total. The number of anilines is 1. The Morgan fingerprint density at radius 3 is 2.53 bits per heavy atom. The molecule has 0 radical (unpaired) electrons. The Bertz CT molecular complexity index is 463. The van der Waals surface area contributed by atoms with Crippen molar-refractivity contribution in [1.29, 1.82) is 0 Å². The molecule has 0 unspecified atom stereocenters. The summed E-state index contributed by atoms with van der Waals surface area (Å²) in [7, 11) is 0. The summed E-state index contributed by atoms with van der Waals surface area (Å²) in [4.78, 5) is 23.2. The molecule has 0 heterocycles. The lowest BCUT2D eigenvalue weighted by molar-refractivity contribution is -0.125. The maximum Gasteiger partial charge on any atom is 0.243 e. The lowest BCUT2D eigenvalue weighted by Crippen LogP contribution is -2.46. The Kier molecular flexibility index (Phi) is 5.79. The predicted molar refractivity (Wildman–Crippen MR) is 75.9 cm³/mol. The molecule has 0 aliphatic heterocycles. The molecule has 2 amide bonds. The number of para-hydroxylation sites is 1. The van der Waals surface area contributed by atoms with Crippen molar-refractivity contribution in [2.24, 2.45) is 11.7 Å². The number of halogens is 1. The second-order valence-electron chi connectivity index (χ2n) is 4.52. The number of carbonyl (C=O) groups is 2. The Morgan fingerprint density at radius 2 is 1.95 bits per heavy atom. The Labute approximate surface area is 117 Å². The van der Waals surface area contributed by atoms with Gasteiger partial charge in [-0.2, -0.15) is 0 Å². The molecular formula is C13H18ClN3O2. The summed E-state index contributed by atoms with van der Waals surface area (Å²) in [6.07, 6.45) is 0. The van der Waals surface area contributed by atoms with Gasteiger partial charge in [-0.3, -0.25) is 9.59 Å². The first kappa shape index (κ1) is 15.5. The Hall–Kier alpha value is -1.59. The molecule has 1 aromatic rings.